The zero-order valence-electron chi connectivity index (χ0n) is 11.0. The van der Waals surface area contributed by atoms with Crippen molar-refractivity contribution >= 4 is 5.78 Å². The van der Waals surface area contributed by atoms with Gasteiger partial charge in [0.25, 0.3) is 0 Å². The van der Waals surface area contributed by atoms with Crippen LogP contribution in [0.25, 0.3) is 0 Å². The molecule has 0 aromatic carbocycles. The lowest BCUT2D eigenvalue weighted by Crippen LogP contribution is -2.39. The van der Waals surface area contributed by atoms with Crippen molar-refractivity contribution in [3.63, 3.8) is 0 Å². The summed E-state index contributed by atoms with van der Waals surface area (Å²) >= 11 is 0. The molecule has 18 heavy (non-hydrogen) atoms. The molecule has 4 atom stereocenters. The molecule has 0 radical (unpaired) electrons. The Kier molecular flexibility index (Phi) is 2.60. The summed E-state index contributed by atoms with van der Waals surface area (Å²) in [7, 11) is 0. The third kappa shape index (κ3) is 1.98. The molecule has 0 aromatic rings. The van der Waals surface area contributed by atoms with Crippen molar-refractivity contribution in [3.8, 4) is 0 Å². The largest absolute Gasteiger partial charge is 0.348 e. The van der Waals surface area contributed by atoms with Gasteiger partial charge in [-0.3, -0.25) is 4.79 Å². The second-order valence-corrected chi connectivity index (χ2v) is 5.75. The van der Waals surface area contributed by atoms with Gasteiger partial charge in [-0.1, -0.05) is 0 Å². The molecule has 3 heterocycles. The van der Waals surface area contributed by atoms with Crippen molar-refractivity contribution in [3.05, 3.63) is 0 Å². The van der Waals surface area contributed by atoms with Gasteiger partial charge in [0.2, 0.25) is 0 Å². The Morgan fingerprint density at radius 1 is 1.00 bits per heavy atom. The molecule has 6 nitrogen and oxygen atoms in total. The fourth-order valence-corrected chi connectivity index (χ4v) is 2.53. The molecule has 0 amide bonds. The SMILES string of the molecule is CC1(C)OCC([C@H]2OC3OC(C)(C)O[C@H]3C2=O)O1. The average Bonchev–Trinajstić information content (AvgIpc) is 2.81. The number of fused-ring (bicyclic) bond motifs is 1. The topological polar surface area (TPSA) is 63.2 Å². The molecule has 6 heteroatoms. The summed E-state index contributed by atoms with van der Waals surface area (Å²) < 4.78 is 27.7. The minimum Gasteiger partial charge on any atom is -0.348 e. The normalized spacial score (nSPS) is 45.4. The van der Waals surface area contributed by atoms with E-state index in [1.165, 1.54) is 0 Å². The molecule has 0 N–H and O–H groups in total. The maximum Gasteiger partial charge on any atom is 0.198 e. The highest BCUT2D eigenvalue weighted by molar-refractivity contribution is 5.90. The maximum atomic E-state index is 12.2. The van der Waals surface area contributed by atoms with Crippen molar-refractivity contribution in [2.75, 3.05) is 6.61 Å². The van der Waals surface area contributed by atoms with Crippen LogP contribution in [0.2, 0.25) is 0 Å². The van der Waals surface area contributed by atoms with Gasteiger partial charge in [0, 0.05) is 0 Å². The molecule has 102 valence electrons. The van der Waals surface area contributed by atoms with E-state index in [-0.39, 0.29) is 5.78 Å². The Balaban J connectivity index is 1.70. The fraction of sp³-hybridized carbons (Fsp3) is 0.917. The Labute approximate surface area is 105 Å². The number of rotatable bonds is 1. The number of Topliss-reactive ketones (excluding diaryl/α,β-unsaturated/α-hetero) is 1. The molecule has 3 rings (SSSR count). The van der Waals surface area contributed by atoms with Crippen LogP contribution in [0.15, 0.2) is 0 Å². The Morgan fingerprint density at radius 2 is 1.72 bits per heavy atom. The van der Waals surface area contributed by atoms with Crippen LogP contribution in [0.3, 0.4) is 0 Å². The maximum absolute atomic E-state index is 12.2. The Morgan fingerprint density at radius 3 is 2.28 bits per heavy atom. The van der Waals surface area contributed by atoms with E-state index in [1.54, 1.807) is 13.8 Å². The number of ether oxygens (including phenoxy) is 5. The quantitative estimate of drug-likeness (QED) is 0.685. The molecule has 0 saturated carbocycles. The van der Waals surface area contributed by atoms with Crippen molar-refractivity contribution in [2.24, 2.45) is 0 Å². The lowest BCUT2D eigenvalue weighted by molar-refractivity contribution is -0.219. The van der Waals surface area contributed by atoms with Crippen LogP contribution in [0, 0.1) is 0 Å². The minimum atomic E-state index is -0.776. The van der Waals surface area contributed by atoms with Crippen LogP contribution in [-0.2, 0) is 28.5 Å². The van der Waals surface area contributed by atoms with Gasteiger partial charge in [-0.05, 0) is 27.7 Å². The number of carbonyl (C=O) groups excluding carboxylic acids is 1. The van der Waals surface area contributed by atoms with Crippen LogP contribution in [0.5, 0.6) is 0 Å². The molecule has 0 bridgehead atoms. The predicted octanol–water partition coefficient (Wildman–Crippen LogP) is 0.583. The summed E-state index contributed by atoms with van der Waals surface area (Å²) in [6, 6.07) is 0. The molecule has 3 fully saturated rings. The summed E-state index contributed by atoms with van der Waals surface area (Å²) in [5.74, 6) is -1.58. The highest BCUT2D eigenvalue weighted by Crippen LogP contribution is 2.38. The van der Waals surface area contributed by atoms with Gasteiger partial charge in [-0.15, -0.1) is 0 Å². The first kappa shape index (κ1) is 12.5. The third-order valence-corrected chi connectivity index (χ3v) is 3.27. The second-order valence-electron chi connectivity index (χ2n) is 5.75. The van der Waals surface area contributed by atoms with E-state index in [2.05, 4.69) is 0 Å². The van der Waals surface area contributed by atoms with Gasteiger partial charge in [-0.25, -0.2) is 0 Å². The van der Waals surface area contributed by atoms with E-state index >= 15 is 0 Å². The van der Waals surface area contributed by atoms with E-state index in [0.29, 0.717) is 6.61 Å². The van der Waals surface area contributed by atoms with Crippen LogP contribution < -0.4 is 0 Å². The molecule has 0 aromatic heterocycles. The summed E-state index contributed by atoms with van der Waals surface area (Å²) in [4.78, 5) is 12.2. The second kappa shape index (κ2) is 3.74. The van der Waals surface area contributed by atoms with Crippen molar-refractivity contribution in [1.82, 2.24) is 0 Å². The fourth-order valence-electron chi connectivity index (χ4n) is 2.53. The Bertz CT molecular complexity index is 377. The van der Waals surface area contributed by atoms with Crippen molar-refractivity contribution in [1.29, 1.82) is 0 Å². The number of ketones is 1. The van der Waals surface area contributed by atoms with E-state index in [0.717, 1.165) is 0 Å². The summed E-state index contributed by atoms with van der Waals surface area (Å²) in [5, 5.41) is 0. The zero-order valence-corrected chi connectivity index (χ0v) is 11.0. The number of hydrogen-bond acceptors (Lipinski definition) is 6. The molecular formula is C12H18O6. The van der Waals surface area contributed by atoms with Gasteiger partial charge in [0.05, 0.1) is 6.61 Å². The van der Waals surface area contributed by atoms with Gasteiger partial charge in [0.15, 0.2) is 35.9 Å². The van der Waals surface area contributed by atoms with Gasteiger partial charge in [0.1, 0.15) is 6.10 Å². The summed E-state index contributed by atoms with van der Waals surface area (Å²) in [6.07, 6.45) is -2.35. The van der Waals surface area contributed by atoms with Crippen LogP contribution in [0.1, 0.15) is 27.7 Å². The van der Waals surface area contributed by atoms with E-state index in [4.69, 9.17) is 23.7 Å². The van der Waals surface area contributed by atoms with Crippen molar-refractivity contribution < 1.29 is 28.5 Å². The Hall–Kier alpha value is -0.530. The molecule has 2 unspecified atom stereocenters. The first-order chi connectivity index (χ1) is 8.27. The minimum absolute atomic E-state index is 0.128. The van der Waals surface area contributed by atoms with E-state index < -0.39 is 36.2 Å². The van der Waals surface area contributed by atoms with Crippen LogP contribution in [0.4, 0.5) is 0 Å². The summed E-state index contributed by atoms with van der Waals surface area (Å²) in [6.45, 7) is 7.48. The highest BCUT2D eigenvalue weighted by atomic mass is 16.8. The standard InChI is InChI=1S/C12H18O6/c1-11(2)14-5-6(16-11)8-7(13)9-10(15-8)18-12(3,4)17-9/h6,8-10H,5H2,1-4H3/t6?,8-,9+,10?/m1/s1. The lowest BCUT2D eigenvalue weighted by atomic mass is 10.1. The zero-order chi connectivity index (χ0) is 13.1. The predicted molar refractivity (Wildman–Crippen MR) is 58.6 cm³/mol. The van der Waals surface area contributed by atoms with E-state index in [1.807, 2.05) is 13.8 Å². The molecular weight excluding hydrogens is 240 g/mol. The van der Waals surface area contributed by atoms with Crippen molar-refractivity contribution in [2.45, 2.75) is 63.9 Å². The molecule has 0 aliphatic carbocycles. The molecule has 3 aliphatic heterocycles. The lowest BCUT2D eigenvalue weighted by Gasteiger charge is -2.23. The molecule has 3 aliphatic rings. The van der Waals surface area contributed by atoms with Crippen LogP contribution in [-0.4, -0.2) is 48.6 Å². The smallest absolute Gasteiger partial charge is 0.198 e. The highest BCUT2D eigenvalue weighted by Gasteiger charge is 2.57. The van der Waals surface area contributed by atoms with Gasteiger partial charge < -0.3 is 23.7 Å². The monoisotopic (exact) mass is 258 g/mol. The van der Waals surface area contributed by atoms with Crippen LogP contribution >= 0.6 is 0 Å². The number of hydrogen-bond donors (Lipinski definition) is 0. The summed E-state index contributed by atoms with van der Waals surface area (Å²) in [5.41, 5.74) is 0. The van der Waals surface area contributed by atoms with E-state index in [9.17, 15) is 4.79 Å². The first-order valence-corrected chi connectivity index (χ1v) is 6.14. The van der Waals surface area contributed by atoms with Gasteiger partial charge in [-0.2, -0.15) is 0 Å². The average molecular weight is 258 g/mol. The third-order valence-electron chi connectivity index (χ3n) is 3.27. The first-order valence-electron chi connectivity index (χ1n) is 6.14. The number of carbonyl (C=O) groups is 1. The molecule has 0 spiro atoms. The molecule has 3 saturated heterocycles. The van der Waals surface area contributed by atoms with Gasteiger partial charge >= 0.3 is 0 Å².